The van der Waals surface area contributed by atoms with Crippen LogP contribution in [-0.4, -0.2) is 26.2 Å². The van der Waals surface area contributed by atoms with Gasteiger partial charge < -0.3 is 9.47 Å². The molecule has 0 bridgehead atoms. The van der Waals surface area contributed by atoms with Crippen molar-refractivity contribution in [3.05, 3.63) is 107 Å². The number of rotatable bonds is 10. The molecular weight excluding hydrogens is 498 g/mol. The highest BCUT2D eigenvalue weighted by Gasteiger charge is 2.14. The third kappa shape index (κ3) is 6.84. The molecule has 0 aliphatic heterocycles. The molecule has 9 heteroatoms. The maximum absolute atomic E-state index is 12.6. The Kier molecular flexibility index (Phi) is 8.20. The van der Waals surface area contributed by atoms with Crippen molar-refractivity contribution >= 4 is 39.3 Å². The summed E-state index contributed by atoms with van der Waals surface area (Å²) < 4.78 is 39.3. The molecule has 1 heterocycles. The van der Waals surface area contributed by atoms with E-state index in [-0.39, 0.29) is 10.7 Å². The zero-order valence-corrected chi connectivity index (χ0v) is 21.0. The number of ether oxygens (including phenoxy) is 2. The van der Waals surface area contributed by atoms with Gasteiger partial charge in [0.2, 0.25) is 0 Å². The first-order valence-electron chi connectivity index (χ1n) is 11.1. The van der Waals surface area contributed by atoms with Crippen LogP contribution in [0.1, 0.15) is 18.1 Å². The highest BCUT2D eigenvalue weighted by Crippen LogP contribution is 2.29. The molecule has 0 amide bonds. The summed E-state index contributed by atoms with van der Waals surface area (Å²) in [6, 6.07) is 24.3. The average Bonchev–Trinajstić information content (AvgIpc) is 2.88. The number of pyridine rings is 1. The quantitative estimate of drug-likeness (QED) is 0.249. The van der Waals surface area contributed by atoms with Crippen LogP contribution in [0.5, 0.6) is 11.5 Å². The number of benzene rings is 3. The van der Waals surface area contributed by atoms with Gasteiger partial charge in [0, 0.05) is 17.4 Å². The molecule has 184 valence electrons. The molecule has 0 aliphatic carbocycles. The van der Waals surface area contributed by atoms with Gasteiger partial charge in [0.25, 0.3) is 10.0 Å². The van der Waals surface area contributed by atoms with Crippen molar-refractivity contribution in [2.24, 2.45) is 4.99 Å². The highest BCUT2D eigenvalue weighted by atomic mass is 35.5. The number of hydrogen-bond acceptors (Lipinski definition) is 6. The molecule has 4 aromatic rings. The molecule has 3 aromatic carbocycles. The van der Waals surface area contributed by atoms with E-state index in [2.05, 4.69) is 14.7 Å². The van der Waals surface area contributed by atoms with Crippen molar-refractivity contribution in [2.45, 2.75) is 18.4 Å². The Morgan fingerprint density at radius 1 is 0.944 bits per heavy atom. The molecule has 0 spiro atoms. The summed E-state index contributed by atoms with van der Waals surface area (Å²) in [5.74, 6) is 1.47. The largest absolute Gasteiger partial charge is 0.490 e. The lowest BCUT2D eigenvalue weighted by molar-refractivity contribution is 0.269. The van der Waals surface area contributed by atoms with E-state index >= 15 is 0 Å². The van der Waals surface area contributed by atoms with Gasteiger partial charge in [0.05, 0.1) is 17.2 Å². The van der Waals surface area contributed by atoms with E-state index in [0.29, 0.717) is 35.4 Å². The van der Waals surface area contributed by atoms with Crippen LogP contribution < -0.4 is 14.2 Å². The fourth-order valence-corrected chi connectivity index (χ4v) is 4.48. The third-order valence-corrected chi connectivity index (χ3v) is 6.57. The minimum Gasteiger partial charge on any atom is -0.490 e. The molecule has 7 nitrogen and oxygen atoms in total. The molecule has 36 heavy (non-hydrogen) atoms. The Balaban J connectivity index is 1.47. The van der Waals surface area contributed by atoms with Gasteiger partial charge in [-0.2, -0.15) is 0 Å². The topological polar surface area (TPSA) is 89.9 Å². The van der Waals surface area contributed by atoms with Crippen LogP contribution in [0.25, 0.3) is 0 Å². The van der Waals surface area contributed by atoms with E-state index in [4.69, 9.17) is 21.1 Å². The monoisotopic (exact) mass is 521 g/mol. The van der Waals surface area contributed by atoms with Crippen molar-refractivity contribution in [1.29, 1.82) is 0 Å². The molecular formula is C27H24ClN3O4S. The normalized spacial score (nSPS) is 11.4. The van der Waals surface area contributed by atoms with Crippen LogP contribution in [0.3, 0.4) is 0 Å². The van der Waals surface area contributed by atoms with Gasteiger partial charge >= 0.3 is 0 Å². The lowest BCUT2D eigenvalue weighted by Gasteiger charge is -2.13. The van der Waals surface area contributed by atoms with E-state index in [1.807, 2.05) is 49.4 Å². The van der Waals surface area contributed by atoms with Gasteiger partial charge in [-0.05, 0) is 84.8 Å². The van der Waals surface area contributed by atoms with E-state index in [9.17, 15) is 8.42 Å². The number of hydrogen-bond donors (Lipinski definition) is 1. The van der Waals surface area contributed by atoms with Crippen LogP contribution >= 0.6 is 11.6 Å². The van der Waals surface area contributed by atoms with Crippen molar-refractivity contribution in [2.75, 3.05) is 11.3 Å². The molecule has 0 aliphatic rings. The highest BCUT2D eigenvalue weighted by molar-refractivity contribution is 7.92. The van der Waals surface area contributed by atoms with Crippen LogP contribution in [-0.2, 0) is 16.6 Å². The predicted molar refractivity (Wildman–Crippen MR) is 142 cm³/mol. The standard InChI is InChI=1S/C27H24ClN3O4S/c1-2-34-25-14-9-20(17-26(25)35-19-21-6-5-7-22(28)16-21)18-30-23-10-12-24(13-11-23)36(32,33)31-27-8-3-4-15-29-27/h3-18H,2,19H2,1H3,(H,29,31). The molecule has 0 saturated heterocycles. The van der Waals surface area contributed by atoms with E-state index in [1.54, 1.807) is 36.5 Å². The fraction of sp³-hybridized carbons (Fsp3) is 0.111. The van der Waals surface area contributed by atoms with Crippen molar-refractivity contribution in [3.63, 3.8) is 0 Å². The summed E-state index contributed by atoms with van der Waals surface area (Å²) in [6.45, 7) is 2.75. The number of nitrogens with zero attached hydrogens (tertiary/aromatic N) is 2. The van der Waals surface area contributed by atoms with Gasteiger partial charge in [0.1, 0.15) is 12.4 Å². The average molecular weight is 522 g/mol. The van der Waals surface area contributed by atoms with E-state index in [0.717, 1.165) is 11.1 Å². The Bertz CT molecular complexity index is 1440. The van der Waals surface area contributed by atoms with Gasteiger partial charge in [-0.3, -0.25) is 9.71 Å². The maximum atomic E-state index is 12.6. The summed E-state index contributed by atoms with van der Waals surface area (Å²) in [6.07, 6.45) is 3.20. The molecule has 0 atom stereocenters. The second-order valence-electron chi connectivity index (χ2n) is 7.63. The number of nitrogens with one attached hydrogen (secondary N) is 1. The van der Waals surface area contributed by atoms with Crippen LogP contribution in [0.2, 0.25) is 5.02 Å². The second kappa shape index (κ2) is 11.7. The van der Waals surface area contributed by atoms with E-state index in [1.165, 1.54) is 18.3 Å². The lowest BCUT2D eigenvalue weighted by Crippen LogP contribution is -2.13. The number of sulfonamides is 1. The first-order valence-corrected chi connectivity index (χ1v) is 13.0. The van der Waals surface area contributed by atoms with Gasteiger partial charge in [-0.15, -0.1) is 0 Å². The number of anilines is 1. The van der Waals surface area contributed by atoms with Crippen molar-refractivity contribution in [1.82, 2.24) is 4.98 Å². The van der Waals surface area contributed by atoms with Crippen LogP contribution in [0, 0.1) is 0 Å². The summed E-state index contributed by atoms with van der Waals surface area (Å²) >= 11 is 6.07. The third-order valence-electron chi connectivity index (χ3n) is 4.96. The summed E-state index contributed by atoms with van der Waals surface area (Å²) in [4.78, 5) is 8.57. The number of aliphatic imine (C=N–C) groups is 1. The first kappa shape index (κ1) is 25.2. The Morgan fingerprint density at radius 2 is 1.78 bits per heavy atom. The first-order chi connectivity index (χ1) is 17.4. The second-order valence-corrected chi connectivity index (χ2v) is 9.75. The van der Waals surface area contributed by atoms with Crippen molar-refractivity contribution in [3.8, 4) is 11.5 Å². The zero-order valence-electron chi connectivity index (χ0n) is 19.5. The molecule has 4 rings (SSSR count). The molecule has 0 fully saturated rings. The Labute approximate surface area is 215 Å². The summed E-state index contributed by atoms with van der Waals surface area (Å²) in [7, 11) is -3.75. The Morgan fingerprint density at radius 3 is 2.50 bits per heavy atom. The Hall–Kier alpha value is -3.88. The molecule has 0 saturated carbocycles. The summed E-state index contributed by atoms with van der Waals surface area (Å²) in [5.41, 5.74) is 2.34. The fourth-order valence-electron chi connectivity index (χ4n) is 3.26. The summed E-state index contributed by atoms with van der Waals surface area (Å²) in [5, 5.41) is 0.647. The minimum absolute atomic E-state index is 0.116. The molecule has 1 aromatic heterocycles. The smallest absolute Gasteiger partial charge is 0.263 e. The lowest BCUT2D eigenvalue weighted by atomic mass is 10.2. The predicted octanol–water partition coefficient (Wildman–Crippen LogP) is 6.26. The molecule has 1 N–H and O–H groups in total. The van der Waals surface area contributed by atoms with Crippen LogP contribution in [0.15, 0.2) is 101 Å². The van der Waals surface area contributed by atoms with E-state index < -0.39 is 10.0 Å². The zero-order chi connectivity index (χ0) is 25.4. The maximum Gasteiger partial charge on any atom is 0.263 e. The van der Waals surface area contributed by atoms with Gasteiger partial charge in [-0.25, -0.2) is 13.4 Å². The minimum atomic E-state index is -3.75. The number of halogens is 1. The molecule has 0 unspecified atom stereocenters. The molecule has 0 radical (unpaired) electrons. The van der Waals surface area contributed by atoms with Gasteiger partial charge in [-0.1, -0.05) is 29.8 Å². The van der Waals surface area contributed by atoms with Gasteiger partial charge in [0.15, 0.2) is 11.5 Å². The van der Waals surface area contributed by atoms with Crippen molar-refractivity contribution < 1.29 is 17.9 Å². The SMILES string of the molecule is CCOc1ccc(C=Nc2ccc(S(=O)(=O)Nc3ccccn3)cc2)cc1OCc1cccc(Cl)c1. The number of aromatic nitrogens is 1. The van der Waals surface area contributed by atoms with Crippen LogP contribution in [0.4, 0.5) is 11.5 Å².